The minimum Gasteiger partial charge on any atom is -0.468 e. The molecule has 0 radical (unpaired) electrons. The van der Waals surface area contributed by atoms with Crippen molar-refractivity contribution in [1.29, 1.82) is 0 Å². The smallest absolute Gasteiger partial charge is 0.120 e. The summed E-state index contributed by atoms with van der Waals surface area (Å²) in [6.07, 6.45) is 3.51. The average molecular weight is 219 g/mol. The van der Waals surface area contributed by atoms with Crippen molar-refractivity contribution in [2.24, 2.45) is 7.05 Å². The van der Waals surface area contributed by atoms with Gasteiger partial charge in [-0.1, -0.05) is 0 Å². The molecule has 4 heteroatoms. The van der Waals surface area contributed by atoms with Gasteiger partial charge in [0.05, 0.1) is 18.0 Å². The van der Waals surface area contributed by atoms with Crippen LogP contribution in [0.15, 0.2) is 35.1 Å². The molecule has 1 N–H and O–H groups in total. The van der Waals surface area contributed by atoms with Crippen LogP contribution in [0.4, 0.5) is 0 Å². The molecule has 2 heterocycles. The second kappa shape index (κ2) is 4.53. The fraction of sp³-hybridized carbons (Fsp3) is 0.417. The van der Waals surface area contributed by atoms with Gasteiger partial charge in [-0.05, 0) is 32.0 Å². The Kier molecular flexibility index (Phi) is 3.10. The van der Waals surface area contributed by atoms with Crippen LogP contribution in [-0.4, -0.2) is 9.78 Å². The van der Waals surface area contributed by atoms with Crippen LogP contribution >= 0.6 is 0 Å². The first-order chi connectivity index (χ1) is 7.68. The normalized spacial score (nSPS) is 14.9. The van der Waals surface area contributed by atoms with Crippen LogP contribution < -0.4 is 5.32 Å². The number of aromatic nitrogens is 2. The molecule has 16 heavy (non-hydrogen) atoms. The lowest BCUT2D eigenvalue weighted by Crippen LogP contribution is -2.23. The SMILES string of the molecule is CC(NC(C)c1ccnn1C)c1ccco1. The first kappa shape index (κ1) is 11.0. The van der Waals surface area contributed by atoms with Crippen molar-refractivity contribution >= 4 is 0 Å². The predicted octanol–water partition coefficient (Wildman–Crippen LogP) is 2.42. The molecular weight excluding hydrogens is 202 g/mol. The molecule has 0 aliphatic carbocycles. The van der Waals surface area contributed by atoms with Crippen LogP contribution in [0.1, 0.15) is 37.4 Å². The first-order valence-electron chi connectivity index (χ1n) is 5.46. The lowest BCUT2D eigenvalue weighted by atomic mass is 10.2. The van der Waals surface area contributed by atoms with E-state index < -0.39 is 0 Å². The van der Waals surface area contributed by atoms with E-state index >= 15 is 0 Å². The van der Waals surface area contributed by atoms with Gasteiger partial charge in [0.15, 0.2) is 0 Å². The highest BCUT2D eigenvalue weighted by Crippen LogP contribution is 2.18. The number of rotatable bonds is 4. The standard InChI is InChI=1S/C12H17N3O/c1-9(11-6-7-13-15(11)3)14-10(2)12-5-4-8-16-12/h4-10,14H,1-3H3. The van der Waals surface area contributed by atoms with Gasteiger partial charge < -0.3 is 4.42 Å². The second-order valence-corrected chi connectivity index (χ2v) is 4.01. The van der Waals surface area contributed by atoms with E-state index in [-0.39, 0.29) is 12.1 Å². The van der Waals surface area contributed by atoms with Crippen molar-refractivity contribution in [1.82, 2.24) is 15.1 Å². The van der Waals surface area contributed by atoms with Gasteiger partial charge in [-0.25, -0.2) is 0 Å². The third kappa shape index (κ3) is 2.17. The zero-order valence-electron chi connectivity index (χ0n) is 9.84. The fourth-order valence-corrected chi connectivity index (χ4v) is 1.89. The highest BCUT2D eigenvalue weighted by Gasteiger charge is 2.14. The van der Waals surface area contributed by atoms with Crippen LogP contribution in [-0.2, 0) is 7.05 Å². The molecule has 2 unspecified atom stereocenters. The van der Waals surface area contributed by atoms with Crippen LogP contribution in [0.2, 0.25) is 0 Å². The van der Waals surface area contributed by atoms with E-state index in [1.807, 2.05) is 36.1 Å². The maximum Gasteiger partial charge on any atom is 0.120 e. The van der Waals surface area contributed by atoms with Crippen LogP contribution in [0, 0.1) is 0 Å². The second-order valence-electron chi connectivity index (χ2n) is 4.01. The molecular formula is C12H17N3O. The van der Waals surface area contributed by atoms with Crippen LogP contribution in [0.25, 0.3) is 0 Å². The Morgan fingerprint density at radius 1 is 1.31 bits per heavy atom. The van der Waals surface area contributed by atoms with Gasteiger partial charge in [0.25, 0.3) is 0 Å². The van der Waals surface area contributed by atoms with Gasteiger partial charge in [0.1, 0.15) is 5.76 Å². The Morgan fingerprint density at radius 2 is 2.12 bits per heavy atom. The Bertz CT molecular complexity index is 433. The largest absolute Gasteiger partial charge is 0.468 e. The summed E-state index contributed by atoms with van der Waals surface area (Å²) in [4.78, 5) is 0. The Labute approximate surface area is 95.3 Å². The molecule has 0 aromatic carbocycles. The molecule has 0 saturated heterocycles. The fourth-order valence-electron chi connectivity index (χ4n) is 1.89. The summed E-state index contributed by atoms with van der Waals surface area (Å²) in [5.74, 6) is 0.953. The van der Waals surface area contributed by atoms with Crippen LogP contribution in [0.3, 0.4) is 0 Å². The van der Waals surface area contributed by atoms with Crippen molar-refractivity contribution in [2.75, 3.05) is 0 Å². The van der Waals surface area contributed by atoms with Gasteiger partial charge in [0.2, 0.25) is 0 Å². The number of hydrogen-bond acceptors (Lipinski definition) is 3. The van der Waals surface area contributed by atoms with Gasteiger partial charge in [-0.3, -0.25) is 10.00 Å². The van der Waals surface area contributed by atoms with E-state index in [1.165, 1.54) is 5.69 Å². The van der Waals surface area contributed by atoms with E-state index in [0.717, 1.165) is 5.76 Å². The molecule has 0 aliphatic heterocycles. The van der Waals surface area contributed by atoms with E-state index in [4.69, 9.17) is 4.42 Å². The van der Waals surface area contributed by atoms with E-state index in [0.29, 0.717) is 0 Å². The van der Waals surface area contributed by atoms with Crippen molar-refractivity contribution in [3.05, 3.63) is 42.1 Å². The summed E-state index contributed by atoms with van der Waals surface area (Å²) >= 11 is 0. The zero-order valence-corrected chi connectivity index (χ0v) is 9.84. The molecule has 0 fully saturated rings. The molecule has 0 bridgehead atoms. The summed E-state index contributed by atoms with van der Waals surface area (Å²) in [6.45, 7) is 4.21. The van der Waals surface area contributed by atoms with Crippen molar-refractivity contribution in [2.45, 2.75) is 25.9 Å². The molecule has 86 valence electrons. The number of aryl methyl sites for hydroxylation is 1. The molecule has 0 saturated carbocycles. The van der Waals surface area contributed by atoms with Crippen LogP contribution in [0.5, 0.6) is 0 Å². The first-order valence-corrected chi connectivity index (χ1v) is 5.46. The molecule has 2 atom stereocenters. The third-order valence-electron chi connectivity index (χ3n) is 2.77. The van der Waals surface area contributed by atoms with Gasteiger partial charge in [-0.2, -0.15) is 5.10 Å². The topological polar surface area (TPSA) is 43.0 Å². The summed E-state index contributed by atoms with van der Waals surface area (Å²) in [6, 6.07) is 6.34. The maximum absolute atomic E-state index is 5.36. The molecule has 0 aliphatic rings. The Hall–Kier alpha value is -1.55. The van der Waals surface area contributed by atoms with E-state index in [2.05, 4.69) is 24.3 Å². The maximum atomic E-state index is 5.36. The monoisotopic (exact) mass is 219 g/mol. The lowest BCUT2D eigenvalue weighted by molar-refractivity contribution is 0.394. The van der Waals surface area contributed by atoms with E-state index in [9.17, 15) is 0 Å². The van der Waals surface area contributed by atoms with Crippen molar-refractivity contribution < 1.29 is 4.42 Å². The number of hydrogen-bond donors (Lipinski definition) is 1. The Balaban J connectivity index is 2.03. The number of nitrogens with zero attached hydrogens (tertiary/aromatic N) is 2. The number of furan rings is 1. The minimum absolute atomic E-state index is 0.194. The highest BCUT2D eigenvalue weighted by atomic mass is 16.3. The van der Waals surface area contributed by atoms with Gasteiger partial charge in [0, 0.05) is 19.3 Å². The van der Waals surface area contributed by atoms with Crippen molar-refractivity contribution in [3.8, 4) is 0 Å². The summed E-state index contributed by atoms with van der Waals surface area (Å²) in [5.41, 5.74) is 1.17. The lowest BCUT2D eigenvalue weighted by Gasteiger charge is -2.18. The van der Waals surface area contributed by atoms with E-state index in [1.54, 1.807) is 6.26 Å². The van der Waals surface area contributed by atoms with Gasteiger partial charge in [-0.15, -0.1) is 0 Å². The summed E-state index contributed by atoms with van der Waals surface area (Å²) in [7, 11) is 1.95. The molecule has 0 amide bonds. The third-order valence-corrected chi connectivity index (χ3v) is 2.77. The minimum atomic E-state index is 0.194. The molecule has 2 rings (SSSR count). The molecule has 2 aromatic rings. The molecule has 2 aromatic heterocycles. The molecule has 0 spiro atoms. The number of nitrogens with one attached hydrogen (secondary N) is 1. The quantitative estimate of drug-likeness (QED) is 0.858. The summed E-state index contributed by atoms with van der Waals surface area (Å²) < 4.78 is 7.24. The predicted molar refractivity (Wildman–Crippen MR) is 61.9 cm³/mol. The molecule has 4 nitrogen and oxygen atoms in total. The van der Waals surface area contributed by atoms with Gasteiger partial charge >= 0.3 is 0 Å². The summed E-state index contributed by atoms with van der Waals surface area (Å²) in [5, 5.41) is 7.63. The average Bonchev–Trinajstić information content (AvgIpc) is 2.86. The zero-order chi connectivity index (χ0) is 11.5. The Morgan fingerprint density at radius 3 is 2.69 bits per heavy atom. The van der Waals surface area contributed by atoms with Crippen molar-refractivity contribution in [3.63, 3.8) is 0 Å². The highest BCUT2D eigenvalue weighted by molar-refractivity contribution is 5.08.